The van der Waals surface area contributed by atoms with Crippen LogP contribution in [0, 0.1) is 6.55 Å². The number of para-hydroxylation sites is 2. The average Bonchev–Trinajstić information content (AvgIpc) is 2.71. The van der Waals surface area contributed by atoms with Crippen molar-refractivity contribution in [1.29, 1.82) is 0 Å². The molecule has 0 bridgehead atoms. The van der Waals surface area contributed by atoms with Gasteiger partial charge in [0.1, 0.15) is 0 Å². The fraction of sp³-hybridized carbons (Fsp3) is 0.606. The Morgan fingerprint density at radius 3 is 0.973 bits per heavy atom. The Hall–Kier alpha value is -1.22. The topological polar surface area (TPSA) is 28.2 Å². The molecule has 0 saturated heterocycles. The molecule has 1 radical (unpaired) electrons. The first-order chi connectivity index (χ1) is 16.5. The summed E-state index contributed by atoms with van der Waals surface area (Å²) in [6.07, 6.45) is 0.952. The van der Waals surface area contributed by atoms with E-state index < -0.39 is 8.07 Å². The van der Waals surface area contributed by atoms with Crippen molar-refractivity contribution < 1.29 is 17.1 Å². The van der Waals surface area contributed by atoms with Crippen molar-refractivity contribution in [1.82, 2.24) is 0 Å². The molecule has 2 atom stereocenters. The quantitative estimate of drug-likeness (QED) is 0.203. The zero-order valence-electron chi connectivity index (χ0n) is 26.1. The Labute approximate surface area is 242 Å². The number of benzene rings is 2. The molecule has 0 aliphatic heterocycles. The molecule has 2 unspecified atom stereocenters. The van der Waals surface area contributed by atoms with Crippen molar-refractivity contribution in [3.8, 4) is 0 Å². The summed E-state index contributed by atoms with van der Waals surface area (Å²) in [6.45, 7) is 33.1. The maximum Gasteiger partial charge on any atom is 3.00 e. The van der Waals surface area contributed by atoms with Crippen LogP contribution in [0.1, 0.15) is 122 Å². The SMILES string of the molecule is CC(CC(C)[N-]c1c(C(C)C)cccc1C(C)C)[N-]c1c(C(C)C)cccc1C(C)C.[CH2-][Si](C)(C)C.[Fe+3]. The van der Waals surface area contributed by atoms with Gasteiger partial charge in [-0.1, -0.05) is 154 Å². The Bertz CT molecular complexity index is 800. The predicted octanol–water partition coefficient (Wildman–Crippen LogP) is 11.8. The van der Waals surface area contributed by atoms with Crippen LogP contribution in [0.25, 0.3) is 10.6 Å². The van der Waals surface area contributed by atoms with E-state index in [0.717, 1.165) is 6.42 Å². The third kappa shape index (κ3) is 12.5. The first-order valence-electron chi connectivity index (χ1n) is 14.0. The zero-order valence-corrected chi connectivity index (χ0v) is 28.2. The van der Waals surface area contributed by atoms with Crippen LogP contribution in [-0.4, -0.2) is 20.2 Å². The summed E-state index contributed by atoms with van der Waals surface area (Å²) in [5.41, 5.74) is 7.84. The van der Waals surface area contributed by atoms with Crippen LogP contribution in [0.2, 0.25) is 19.6 Å². The Morgan fingerprint density at radius 1 is 0.568 bits per heavy atom. The van der Waals surface area contributed by atoms with Crippen LogP contribution in [0.15, 0.2) is 36.4 Å². The third-order valence-corrected chi connectivity index (χ3v) is 6.07. The number of hydrogen-bond acceptors (Lipinski definition) is 0. The summed E-state index contributed by atoms with van der Waals surface area (Å²) in [6, 6.07) is 13.8. The molecular weight excluding hydrogens is 508 g/mol. The van der Waals surface area contributed by atoms with Gasteiger partial charge in [-0.15, -0.1) is 31.5 Å². The first-order valence-corrected chi connectivity index (χ1v) is 17.8. The molecule has 0 amide bonds. The zero-order chi connectivity index (χ0) is 27.8. The second-order valence-corrected chi connectivity index (χ2v) is 18.1. The van der Waals surface area contributed by atoms with Crippen molar-refractivity contribution in [2.24, 2.45) is 0 Å². The van der Waals surface area contributed by atoms with E-state index in [2.05, 4.69) is 132 Å². The van der Waals surface area contributed by atoms with Gasteiger partial charge in [-0.05, 0) is 23.7 Å². The van der Waals surface area contributed by atoms with E-state index in [0.29, 0.717) is 23.7 Å². The van der Waals surface area contributed by atoms with Crippen LogP contribution >= 0.6 is 0 Å². The number of nitrogens with zero attached hydrogens (tertiary/aromatic N) is 2. The molecule has 2 nitrogen and oxygen atoms in total. The second kappa shape index (κ2) is 16.0. The van der Waals surface area contributed by atoms with Gasteiger partial charge in [0, 0.05) is 0 Å². The molecule has 2 aromatic rings. The molecule has 209 valence electrons. The summed E-state index contributed by atoms with van der Waals surface area (Å²) < 4.78 is 0. The van der Waals surface area contributed by atoms with Crippen molar-refractivity contribution in [2.75, 3.05) is 0 Å². The van der Waals surface area contributed by atoms with Gasteiger partial charge in [0.25, 0.3) is 0 Å². The summed E-state index contributed by atoms with van der Waals surface area (Å²) in [5, 5.41) is 10.5. The van der Waals surface area contributed by atoms with E-state index in [-0.39, 0.29) is 29.2 Å². The minimum absolute atomic E-state index is 0. The fourth-order valence-electron chi connectivity index (χ4n) is 4.36. The molecule has 0 heterocycles. The molecule has 0 spiro atoms. The van der Waals surface area contributed by atoms with Gasteiger partial charge >= 0.3 is 17.1 Å². The van der Waals surface area contributed by atoms with E-state index in [1.54, 1.807) is 0 Å². The predicted molar refractivity (Wildman–Crippen MR) is 168 cm³/mol. The van der Waals surface area contributed by atoms with Crippen molar-refractivity contribution in [3.05, 3.63) is 75.8 Å². The maximum absolute atomic E-state index is 5.24. The van der Waals surface area contributed by atoms with Crippen LogP contribution in [0.3, 0.4) is 0 Å². The number of rotatable bonds is 10. The van der Waals surface area contributed by atoms with Gasteiger partial charge in [0.05, 0.1) is 0 Å². The van der Waals surface area contributed by atoms with Crippen molar-refractivity contribution in [3.63, 3.8) is 0 Å². The molecular formula is C33H55FeN2Si. The van der Waals surface area contributed by atoms with Crippen LogP contribution in [0.5, 0.6) is 0 Å². The summed E-state index contributed by atoms with van der Waals surface area (Å²) >= 11 is 0. The Morgan fingerprint density at radius 2 is 0.784 bits per heavy atom. The molecule has 2 aromatic carbocycles. The monoisotopic (exact) mass is 563 g/mol. The van der Waals surface area contributed by atoms with Gasteiger partial charge in [0.2, 0.25) is 0 Å². The molecule has 0 aromatic heterocycles. The van der Waals surface area contributed by atoms with Crippen molar-refractivity contribution in [2.45, 2.75) is 131 Å². The average molecular weight is 564 g/mol. The van der Waals surface area contributed by atoms with E-state index in [4.69, 9.17) is 10.6 Å². The van der Waals surface area contributed by atoms with Crippen molar-refractivity contribution >= 4 is 19.4 Å². The molecule has 0 aliphatic carbocycles. The Balaban J connectivity index is 0.00000196. The van der Waals surface area contributed by atoms with Gasteiger partial charge in [-0.25, -0.2) is 0 Å². The molecule has 37 heavy (non-hydrogen) atoms. The maximum atomic E-state index is 5.24. The summed E-state index contributed by atoms with van der Waals surface area (Å²) in [5.74, 6) is 1.88. The molecule has 0 N–H and O–H groups in total. The smallest absolute Gasteiger partial charge is 0.681 e. The summed E-state index contributed by atoms with van der Waals surface area (Å²) in [4.78, 5) is 0. The van der Waals surface area contributed by atoms with Gasteiger partial charge in [0.15, 0.2) is 0 Å². The molecule has 0 fully saturated rings. The normalized spacial score (nSPS) is 13.2. The van der Waals surface area contributed by atoms with Gasteiger partial charge in [-0.2, -0.15) is 0 Å². The van der Waals surface area contributed by atoms with Crippen LogP contribution < -0.4 is 0 Å². The fourth-order valence-corrected chi connectivity index (χ4v) is 4.36. The molecule has 4 heteroatoms. The second-order valence-electron chi connectivity index (χ2n) is 12.9. The largest absolute Gasteiger partial charge is 3.00 e. The summed E-state index contributed by atoms with van der Waals surface area (Å²) in [7, 11) is -0.861. The number of hydrogen-bond donors (Lipinski definition) is 0. The van der Waals surface area contributed by atoms with E-state index >= 15 is 0 Å². The first kappa shape index (κ1) is 35.8. The van der Waals surface area contributed by atoms with Crippen LogP contribution in [0.4, 0.5) is 11.4 Å². The third-order valence-electron chi connectivity index (χ3n) is 6.07. The van der Waals surface area contributed by atoms with Gasteiger partial charge < -0.3 is 17.2 Å². The molecule has 2 rings (SSSR count). The molecule has 0 aliphatic rings. The minimum Gasteiger partial charge on any atom is -0.681 e. The minimum atomic E-state index is -0.861. The van der Waals surface area contributed by atoms with E-state index in [1.165, 1.54) is 33.6 Å². The molecule has 0 saturated carbocycles. The Kier molecular flexibility index (Phi) is 15.5. The van der Waals surface area contributed by atoms with Crippen LogP contribution in [-0.2, 0) is 17.1 Å². The van der Waals surface area contributed by atoms with E-state index in [9.17, 15) is 0 Å². The standard InChI is InChI=1S/C29H44N2.C4H11Si.Fe/c1-18(2)24-13-11-14-25(19(3)4)28(24)30-22(9)17-23(10)31-29-26(20(5)6)15-12-16-27(29)21(7)8;1-5(2,3)4;/h11-16,18-23H,17H2,1-10H3;1H2,2-4H3;/q-2;-1;+3. The van der Waals surface area contributed by atoms with E-state index in [1.807, 2.05) is 0 Å². The van der Waals surface area contributed by atoms with Gasteiger partial charge in [-0.3, -0.25) is 0 Å².